The van der Waals surface area contributed by atoms with E-state index in [9.17, 15) is 4.79 Å². The maximum atomic E-state index is 12.1. The van der Waals surface area contributed by atoms with Gasteiger partial charge < -0.3 is 9.64 Å². The molecule has 0 saturated carbocycles. The molecule has 20 heavy (non-hydrogen) atoms. The van der Waals surface area contributed by atoms with Crippen molar-refractivity contribution in [2.24, 2.45) is 5.41 Å². The molecule has 1 aromatic rings. The summed E-state index contributed by atoms with van der Waals surface area (Å²) in [6.07, 6.45) is 3.22. The molecule has 1 saturated heterocycles. The SMILES string of the molecule is COC(=O)N1C[C@]2(C)C=C(C)[C@H]1[C@@H](c1ccccc1)C2. The number of benzene rings is 1. The van der Waals surface area contributed by atoms with Gasteiger partial charge >= 0.3 is 6.09 Å². The minimum Gasteiger partial charge on any atom is -0.453 e. The molecule has 0 spiro atoms. The molecule has 2 bridgehead atoms. The van der Waals surface area contributed by atoms with E-state index in [1.165, 1.54) is 18.2 Å². The van der Waals surface area contributed by atoms with E-state index in [0.29, 0.717) is 5.92 Å². The Morgan fingerprint density at radius 1 is 1.35 bits per heavy atom. The van der Waals surface area contributed by atoms with Crippen molar-refractivity contribution in [3.63, 3.8) is 0 Å². The largest absolute Gasteiger partial charge is 0.453 e. The molecule has 2 heterocycles. The maximum Gasteiger partial charge on any atom is 0.410 e. The van der Waals surface area contributed by atoms with Crippen LogP contribution in [0.4, 0.5) is 4.79 Å². The first-order valence-electron chi connectivity index (χ1n) is 7.13. The van der Waals surface area contributed by atoms with Crippen LogP contribution in [0.2, 0.25) is 0 Å². The lowest BCUT2D eigenvalue weighted by Gasteiger charge is -2.53. The van der Waals surface area contributed by atoms with E-state index in [4.69, 9.17) is 4.74 Å². The van der Waals surface area contributed by atoms with Crippen molar-refractivity contribution in [1.29, 1.82) is 0 Å². The molecule has 3 atom stereocenters. The van der Waals surface area contributed by atoms with Crippen molar-refractivity contribution >= 4 is 6.09 Å². The molecule has 4 rings (SSSR count). The number of nitrogens with zero attached hydrogens (tertiary/aromatic N) is 1. The minimum atomic E-state index is -0.214. The van der Waals surface area contributed by atoms with Crippen molar-refractivity contribution in [3.8, 4) is 0 Å². The number of amides is 1. The van der Waals surface area contributed by atoms with Gasteiger partial charge in [-0.05, 0) is 18.9 Å². The number of methoxy groups -OCH3 is 1. The molecular formula is C17H21NO2. The van der Waals surface area contributed by atoms with Gasteiger partial charge in [0.15, 0.2) is 0 Å². The van der Waals surface area contributed by atoms with E-state index in [1.807, 2.05) is 11.0 Å². The Hall–Kier alpha value is -1.77. The Bertz CT molecular complexity index is 551. The maximum absolute atomic E-state index is 12.1. The standard InChI is InChI=1S/C17H21NO2/c1-12-9-17(2)10-14(13-7-5-4-6-8-13)15(12)18(11-17)16(19)20-3/h4-9,14-15H,10-11H2,1-3H3/t14-,15+,17-/m1/s1. The van der Waals surface area contributed by atoms with E-state index < -0.39 is 0 Å². The second kappa shape index (κ2) is 4.65. The van der Waals surface area contributed by atoms with Crippen LogP contribution in [0, 0.1) is 5.41 Å². The minimum absolute atomic E-state index is 0.0491. The quantitative estimate of drug-likeness (QED) is 0.731. The second-order valence-electron chi connectivity index (χ2n) is 6.31. The Morgan fingerprint density at radius 2 is 2.05 bits per heavy atom. The van der Waals surface area contributed by atoms with Crippen LogP contribution in [-0.4, -0.2) is 30.7 Å². The first-order valence-corrected chi connectivity index (χ1v) is 7.13. The highest BCUT2D eigenvalue weighted by atomic mass is 16.5. The molecule has 1 amide bonds. The third-order valence-electron chi connectivity index (χ3n) is 4.61. The molecule has 0 radical (unpaired) electrons. The highest BCUT2D eigenvalue weighted by molar-refractivity contribution is 5.70. The average Bonchev–Trinajstić information content (AvgIpc) is 2.45. The highest BCUT2D eigenvalue weighted by Gasteiger charge is 2.48. The third-order valence-corrected chi connectivity index (χ3v) is 4.61. The van der Waals surface area contributed by atoms with E-state index in [-0.39, 0.29) is 17.6 Å². The lowest BCUT2D eigenvalue weighted by Crippen LogP contribution is -2.57. The van der Waals surface area contributed by atoms with Crippen LogP contribution in [0.3, 0.4) is 0 Å². The van der Waals surface area contributed by atoms with Gasteiger partial charge in [0, 0.05) is 17.9 Å². The molecule has 106 valence electrons. The van der Waals surface area contributed by atoms with Crippen LogP contribution >= 0.6 is 0 Å². The van der Waals surface area contributed by atoms with Crippen LogP contribution < -0.4 is 0 Å². The van der Waals surface area contributed by atoms with Crippen molar-refractivity contribution < 1.29 is 9.53 Å². The molecule has 1 fully saturated rings. The van der Waals surface area contributed by atoms with E-state index in [0.717, 1.165) is 13.0 Å². The monoisotopic (exact) mass is 271 g/mol. The summed E-state index contributed by atoms with van der Waals surface area (Å²) in [5, 5.41) is 0. The predicted molar refractivity (Wildman–Crippen MR) is 78.6 cm³/mol. The zero-order valence-corrected chi connectivity index (χ0v) is 12.3. The number of carbonyl (C=O) groups is 1. The third kappa shape index (κ3) is 2.01. The zero-order valence-electron chi connectivity index (χ0n) is 12.3. The predicted octanol–water partition coefficient (Wildman–Crippen LogP) is 3.58. The number of hydrogen-bond acceptors (Lipinski definition) is 2. The van der Waals surface area contributed by atoms with Gasteiger partial charge in [0.1, 0.15) is 0 Å². The van der Waals surface area contributed by atoms with Crippen molar-refractivity contribution in [2.75, 3.05) is 13.7 Å². The topological polar surface area (TPSA) is 29.5 Å². The molecule has 3 nitrogen and oxygen atoms in total. The summed E-state index contributed by atoms with van der Waals surface area (Å²) in [7, 11) is 1.46. The van der Waals surface area contributed by atoms with Gasteiger partial charge in [-0.3, -0.25) is 0 Å². The molecule has 0 aromatic heterocycles. The average molecular weight is 271 g/mol. The normalized spacial score (nSPS) is 31.9. The fourth-order valence-corrected chi connectivity index (χ4v) is 3.98. The molecule has 0 unspecified atom stereocenters. The number of carbonyl (C=O) groups excluding carboxylic acids is 1. The lowest BCUT2D eigenvalue weighted by atomic mass is 9.64. The summed E-state index contributed by atoms with van der Waals surface area (Å²) in [5.41, 5.74) is 2.64. The molecule has 2 aliphatic heterocycles. The van der Waals surface area contributed by atoms with Gasteiger partial charge in [0.25, 0.3) is 0 Å². The summed E-state index contributed by atoms with van der Waals surface area (Å²) in [6, 6.07) is 10.6. The van der Waals surface area contributed by atoms with Crippen LogP contribution in [0.15, 0.2) is 42.0 Å². The lowest BCUT2D eigenvalue weighted by molar-refractivity contribution is 0.0450. The van der Waals surface area contributed by atoms with Gasteiger partial charge in [-0.1, -0.05) is 48.9 Å². The first kappa shape index (κ1) is 13.2. The fraction of sp³-hybridized carbons (Fsp3) is 0.471. The van der Waals surface area contributed by atoms with Gasteiger partial charge in [0.2, 0.25) is 0 Å². The summed E-state index contributed by atoms with van der Waals surface area (Å²) >= 11 is 0. The smallest absolute Gasteiger partial charge is 0.410 e. The number of rotatable bonds is 1. The first-order chi connectivity index (χ1) is 9.54. The van der Waals surface area contributed by atoms with Gasteiger partial charge in [-0.2, -0.15) is 0 Å². The van der Waals surface area contributed by atoms with Gasteiger partial charge in [-0.25, -0.2) is 4.79 Å². The fourth-order valence-electron chi connectivity index (χ4n) is 3.98. The Kier molecular flexibility index (Phi) is 3.08. The summed E-state index contributed by atoms with van der Waals surface area (Å²) in [4.78, 5) is 14.0. The van der Waals surface area contributed by atoms with Crippen molar-refractivity contribution in [2.45, 2.75) is 32.2 Å². The highest BCUT2D eigenvalue weighted by Crippen LogP contribution is 2.50. The van der Waals surface area contributed by atoms with Crippen LogP contribution in [0.1, 0.15) is 31.7 Å². The number of hydrogen-bond donors (Lipinski definition) is 0. The van der Waals surface area contributed by atoms with Crippen LogP contribution in [0.25, 0.3) is 0 Å². The Balaban J connectivity index is 2.02. The summed E-state index contributed by atoms with van der Waals surface area (Å²) in [6.45, 7) is 5.12. The molecular weight excluding hydrogens is 250 g/mol. The number of piperidine rings is 1. The molecule has 3 heteroatoms. The van der Waals surface area contributed by atoms with Gasteiger partial charge in [0.05, 0.1) is 13.2 Å². The second-order valence-corrected chi connectivity index (χ2v) is 6.31. The summed E-state index contributed by atoms with van der Waals surface area (Å²) in [5.74, 6) is 0.360. The number of fused-ring (bicyclic) bond motifs is 2. The van der Waals surface area contributed by atoms with Crippen LogP contribution in [0.5, 0.6) is 0 Å². The van der Waals surface area contributed by atoms with Gasteiger partial charge in [-0.15, -0.1) is 0 Å². The molecule has 1 aliphatic carbocycles. The van der Waals surface area contributed by atoms with E-state index in [2.05, 4.69) is 44.2 Å². The Morgan fingerprint density at radius 3 is 2.65 bits per heavy atom. The number of ether oxygens (including phenoxy) is 1. The van der Waals surface area contributed by atoms with Crippen LogP contribution in [-0.2, 0) is 4.74 Å². The van der Waals surface area contributed by atoms with E-state index in [1.54, 1.807) is 0 Å². The molecule has 1 aromatic carbocycles. The van der Waals surface area contributed by atoms with E-state index >= 15 is 0 Å². The molecule has 0 N–H and O–H groups in total. The van der Waals surface area contributed by atoms with Crippen molar-refractivity contribution in [1.82, 2.24) is 4.90 Å². The molecule has 3 aliphatic rings. The summed E-state index contributed by atoms with van der Waals surface area (Å²) < 4.78 is 4.98. The zero-order chi connectivity index (χ0) is 14.3. The van der Waals surface area contributed by atoms with Crippen molar-refractivity contribution in [3.05, 3.63) is 47.5 Å². The Labute approximate surface area is 120 Å².